The van der Waals surface area contributed by atoms with Crippen LogP contribution in [-0.4, -0.2) is 29.4 Å². The van der Waals surface area contributed by atoms with E-state index < -0.39 is 12.5 Å². The Labute approximate surface area is 183 Å². The van der Waals surface area contributed by atoms with Gasteiger partial charge < -0.3 is 15.6 Å². The molecular formula is C24H22F3N3O2. The highest BCUT2D eigenvalue weighted by molar-refractivity contribution is 5.89. The molecule has 1 aliphatic rings. The number of amides is 2. The highest BCUT2D eigenvalue weighted by atomic mass is 19.3. The maximum Gasteiger partial charge on any atom is 0.263 e. The Bertz CT molecular complexity index is 1110. The van der Waals surface area contributed by atoms with E-state index >= 15 is 0 Å². The van der Waals surface area contributed by atoms with Crippen LogP contribution >= 0.6 is 0 Å². The Hall–Kier alpha value is -3.55. The first kappa shape index (κ1) is 21.7. The van der Waals surface area contributed by atoms with E-state index in [-0.39, 0.29) is 29.6 Å². The topological polar surface area (TPSA) is 74.0 Å². The molecule has 32 heavy (non-hydrogen) atoms. The number of aryl methyl sites for hydroxylation is 1. The molecule has 1 atom stereocenters. The molecule has 3 N–H and O–H groups in total. The van der Waals surface area contributed by atoms with Crippen molar-refractivity contribution in [2.45, 2.75) is 31.7 Å². The molecule has 0 saturated carbocycles. The predicted molar refractivity (Wildman–Crippen MR) is 114 cm³/mol. The second-order valence-electron chi connectivity index (χ2n) is 7.71. The molecule has 0 aliphatic carbocycles. The second kappa shape index (κ2) is 9.30. The first-order chi connectivity index (χ1) is 15.4. The Morgan fingerprint density at radius 3 is 2.38 bits per heavy atom. The summed E-state index contributed by atoms with van der Waals surface area (Å²) in [5, 5.41) is 5.42. The fraction of sp³-hybridized carbons (Fsp3) is 0.250. The summed E-state index contributed by atoms with van der Waals surface area (Å²) in [5.74, 6) is -0.773. The third-order valence-corrected chi connectivity index (χ3v) is 5.51. The summed E-state index contributed by atoms with van der Waals surface area (Å²) in [6.45, 7) is 0.543. The molecular weight excluding hydrogens is 419 g/mol. The molecule has 1 saturated heterocycles. The van der Waals surface area contributed by atoms with Gasteiger partial charge in [-0.2, -0.15) is 0 Å². The number of halogens is 3. The van der Waals surface area contributed by atoms with Crippen molar-refractivity contribution < 1.29 is 22.8 Å². The van der Waals surface area contributed by atoms with E-state index in [0.29, 0.717) is 30.6 Å². The minimum atomic E-state index is -2.56. The lowest BCUT2D eigenvalue weighted by molar-refractivity contribution is -0.127. The number of rotatable bonds is 7. The van der Waals surface area contributed by atoms with E-state index in [0.717, 1.165) is 16.8 Å². The van der Waals surface area contributed by atoms with E-state index in [4.69, 9.17) is 0 Å². The molecule has 5 nitrogen and oxygen atoms in total. The van der Waals surface area contributed by atoms with Crippen LogP contribution in [0.2, 0.25) is 0 Å². The summed E-state index contributed by atoms with van der Waals surface area (Å²) < 4.78 is 39.2. The summed E-state index contributed by atoms with van der Waals surface area (Å²) in [6.07, 6.45) is -1.46. The van der Waals surface area contributed by atoms with Crippen LogP contribution in [0.1, 0.15) is 30.4 Å². The van der Waals surface area contributed by atoms with E-state index in [1.54, 1.807) is 24.3 Å². The maximum absolute atomic E-state index is 13.3. The van der Waals surface area contributed by atoms with Crippen LogP contribution in [0.25, 0.3) is 22.5 Å². The number of alkyl halides is 2. The first-order valence-corrected chi connectivity index (χ1v) is 10.3. The largest absolute Gasteiger partial charge is 0.354 e. The van der Waals surface area contributed by atoms with Crippen molar-refractivity contribution >= 4 is 11.8 Å². The van der Waals surface area contributed by atoms with Crippen LogP contribution in [0.15, 0.2) is 54.6 Å². The summed E-state index contributed by atoms with van der Waals surface area (Å²) >= 11 is 0. The van der Waals surface area contributed by atoms with Gasteiger partial charge in [-0.3, -0.25) is 9.59 Å². The quantitative estimate of drug-likeness (QED) is 0.510. The lowest BCUT2D eigenvalue weighted by atomic mass is 10.0. The first-order valence-electron chi connectivity index (χ1n) is 10.3. The van der Waals surface area contributed by atoms with Crippen LogP contribution in [0.3, 0.4) is 0 Å². The summed E-state index contributed by atoms with van der Waals surface area (Å²) in [4.78, 5) is 27.3. The van der Waals surface area contributed by atoms with Gasteiger partial charge >= 0.3 is 0 Å². The number of benzene rings is 2. The molecule has 1 fully saturated rings. The minimum Gasteiger partial charge on any atom is -0.354 e. The molecule has 166 valence electrons. The van der Waals surface area contributed by atoms with Crippen LogP contribution in [-0.2, 0) is 16.0 Å². The Balaban J connectivity index is 1.58. The van der Waals surface area contributed by atoms with Gasteiger partial charge in [-0.05, 0) is 59.9 Å². The minimum absolute atomic E-state index is 0.0742. The third-order valence-electron chi connectivity index (χ3n) is 5.51. The van der Waals surface area contributed by atoms with Crippen LogP contribution < -0.4 is 10.6 Å². The normalized spacial score (nSPS) is 15.8. The molecule has 2 heterocycles. The van der Waals surface area contributed by atoms with Crippen LogP contribution in [0.5, 0.6) is 0 Å². The molecule has 0 unspecified atom stereocenters. The van der Waals surface area contributed by atoms with Crippen molar-refractivity contribution in [2.75, 3.05) is 6.54 Å². The number of aromatic amines is 1. The van der Waals surface area contributed by atoms with Gasteiger partial charge in [-0.25, -0.2) is 13.2 Å². The molecule has 0 radical (unpaired) electrons. The van der Waals surface area contributed by atoms with E-state index in [9.17, 15) is 22.8 Å². The molecule has 0 spiro atoms. The number of carbonyl (C=O) groups excluding carboxylic acids is 2. The van der Waals surface area contributed by atoms with Crippen LogP contribution in [0, 0.1) is 5.82 Å². The highest BCUT2D eigenvalue weighted by Crippen LogP contribution is 2.31. The molecule has 2 aromatic carbocycles. The number of aromatic nitrogens is 1. The average Bonchev–Trinajstić information content (AvgIpc) is 3.39. The lowest BCUT2D eigenvalue weighted by Gasteiger charge is -2.10. The zero-order valence-corrected chi connectivity index (χ0v) is 17.1. The summed E-state index contributed by atoms with van der Waals surface area (Å²) in [6, 6.07) is 13.3. The zero-order chi connectivity index (χ0) is 22.7. The van der Waals surface area contributed by atoms with Crippen LogP contribution in [0.4, 0.5) is 13.2 Å². The number of nitrogens with one attached hydrogen (secondary N) is 3. The number of hydrogen-bond acceptors (Lipinski definition) is 2. The van der Waals surface area contributed by atoms with Crippen molar-refractivity contribution in [2.24, 2.45) is 0 Å². The van der Waals surface area contributed by atoms with Crippen molar-refractivity contribution in [1.29, 1.82) is 0 Å². The highest BCUT2D eigenvalue weighted by Gasteiger charge is 2.25. The van der Waals surface area contributed by atoms with E-state index in [1.165, 1.54) is 24.3 Å². The van der Waals surface area contributed by atoms with Crippen molar-refractivity contribution in [3.63, 3.8) is 0 Å². The third kappa shape index (κ3) is 4.85. The number of carbonyl (C=O) groups is 2. The molecule has 8 heteroatoms. The standard InChI is InChI=1S/C24H22F3N3O2/c25-18-8-5-14(6-9-18)20-13-17(7-10-21(31)29-19-11-12-28-24(19)32)22(30-20)15-1-3-16(4-2-15)23(26)27/h1-6,8-9,13,19,23,30H,7,10-12H2,(H,28,32)(H,29,31)/t19-/m0/s1. The van der Waals surface area contributed by atoms with E-state index in [1.807, 2.05) is 6.07 Å². The predicted octanol–water partition coefficient (Wildman–Crippen LogP) is 4.36. The smallest absolute Gasteiger partial charge is 0.263 e. The van der Waals surface area contributed by atoms with Crippen molar-refractivity contribution in [3.8, 4) is 22.5 Å². The Morgan fingerprint density at radius 2 is 1.75 bits per heavy atom. The summed E-state index contributed by atoms with van der Waals surface area (Å²) in [7, 11) is 0. The van der Waals surface area contributed by atoms with Gasteiger partial charge in [-0.1, -0.05) is 24.3 Å². The SMILES string of the molecule is O=C(CCc1cc(-c2ccc(F)cc2)[nH]c1-c1ccc(C(F)F)cc1)N[C@H]1CCNC1=O. The van der Waals surface area contributed by atoms with Gasteiger partial charge in [0, 0.05) is 29.9 Å². The van der Waals surface area contributed by atoms with Gasteiger partial charge in [0.05, 0.1) is 0 Å². The zero-order valence-electron chi connectivity index (χ0n) is 17.1. The molecule has 0 bridgehead atoms. The maximum atomic E-state index is 13.3. The number of H-pyrrole nitrogens is 1. The molecule has 1 aromatic heterocycles. The number of hydrogen-bond donors (Lipinski definition) is 3. The van der Waals surface area contributed by atoms with Gasteiger partial charge in [-0.15, -0.1) is 0 Å². The Kier molecular flexibility index (Phi) is 6.30. The fourth-order valence-corrected chi connectivity index (χ4v) is 3.78. The second-order valence-corrected chi connectivity index (χ2v) is 7.71. The van der Waals surface area contributed by atoms with Crippen molar-refractivity contribution in [3.05, 3.63) is 71.5 Å². The van der Waals surface area contributed by atoms with Gasteiger partial charge in [0.2, 0.25) is 11.8 Å². The fourth-order valence-electron chi connectivity index (χ4n) is 3.78. The molecule has 2 amide bonds. The average molecular weight is 441 g/mol. The molecule has 1 aliphatic heterocycles. The Morgan fingerprint density at radius 1 is 1.06 bits per heavy atom. The molecule has 3 aromatic rings. The van der Waals surface area contributed by atoms with Gasteiger partial charge in [0.25, 0.3) is 6.43 Å². The van der Waals surface area contributed by atoms with Gasteiger partial charge in [0.1, 0.15) is 11.9 Å². The summed E-state index contributed by atoms with van der Waals surface area (Å²) in [5.41, 5.74) is 3.64. The van der Waals surface area contributed by atoms with Crippen molar-refractivity contribution in [1.82, 2.24) is 15.6 Å². The van der Waals surface area contributed by atoms with E-state index in [2.05, 4.69) is 15.6 Å². The molecule has 4 rings (SSSR count). The monoisotopic (exact) mass is 441 g/mol. The van der Waals surface area contributed by atoms with Gasteiger partial charge in [0.15, 0.2) is 0 Å². The lowest BCUT2D eigenvalue weighted by Crippen LogP contribution is -2.40.